The van der Waals surface area contributed by atoms with E-state index in [0.717, 1.165) is 4.47 Å². The second-order valence-electron chi connectivity index (χ2n) is 4.46. The van der Waals surface area contributed by atoms with Crippen molar-refractivity contribution in [2.75, 3.05) is 7.11 Å². The van der Waals surface area contributed by atoms with Crippen LogP contribution in [-0.2, 0) is 9.53 Å². The predicted octanol–water partition coefficient (Wildman–Crippen LogP) is 2.80. The number of esters is 1. The summed E-state index contributed by atoms with van der Waals surface area (Å²) in [5.74, 6) is -0.803. The summed E-state index contributed by atoms with van der Waals surface area (Å²) in [5, 5.41) is 11.2. The summed E-state index contributed by atoms with van der Waals surface area (Å²) >= 11 is 3.30. The molecule has 1 aromatic rings. The molecule has 0 radical (unpaired) electrons. The van der Waals surface area contributed by atoms with E-state index in [0.29, 0.717) is 31.2 Å². The van der Waals surface area contributed by atoms with Crippen LogP contribution in [0.15, 0.2) is 28.7 Å². The molecule has 0 spiro atoms. The molecule has 112 valence electrons. The van der Waals surface area contributed by atoms with Crippen LogP contribution in [0.5, 0.6) is 0 Å². The van der Waals surface area contributed by atoms with Crippen molar-refractivity contribution >= 4 is 27.8 Å². The first-order valence-corrected chi connectivity index (χ1v) is 7.39. The molecule has 1 rings (SSSR count). The van der Waals surface area contributed by atoms with E-state index in [1.807, 2.05) is 12.1 Å². The Labute approximate surface area is 132 Å². The number of hydrogen-bond donors (Lipinski definition) is 1. The highest BCUT2D eigenvalue weighted by molar-refractivity contribution is 9.10. The van der Waals surface area contributed by atoms with Crippen LogP contribution in [0.25, 0.3) is 0 Å². The van der Waals surface area contributed by atoms with Crippen molar-refractivity contribution in [3.05, 3.63) is 34.3 Å². The van der Waals surface area contributed by atoms with Crippen LogP contribution < -0.4 is 5.32 Å². The Hall–Kier alpha value is -1.87. The van der Waals surface area contributed by atoms with Crippen molar-refractivity contribution in [2.24, 2.45) is 0 Å². The highest BCUT2D eigenvalue weighted by Gasteiger charge is 2.21. The fourth-order valence-electron chi connectivity index (χ4n) is 1.82. The Morgan fingerprint density at radius 3 is 2.81 bits per heavy atom. The summed E-state index contributed by atoms with van der Waals surface area (Å²) in [6.45, 7) is 0. The van der Waals surface area contributed by atoms with Gasteiger partial charge in [-0.15, -0.1) is 0 Å². The van der Waals surface area contributed by atoms with Gasteiger partial charge in [-0.1, -0.05) is 22.0 Å². The SMILES string of the molecule is COC(=O)[C@H](CCCCC#N)NC(=O)c1cccc(Br)c1. The van der Waals surface area contributed by atoms with E-state index in [-0.39, 0.29) is 5.91 Å². The number of methoxy groups -OCH3 is 1. The number of halogens is 1. The van der Waals surface area contributed by atoms with Gasteiger partial charge in [-0.05, 0) is 37.5 Å². The normalized spacial score (nSPS) is 11.3. The third-order valence-corrected chi connectivity index (χ3v) is 3.40. The van der Waals surface area contributed by atoms with E-state index < -0.39 is 12.0 Å². The zero-order valence-corrected chi connectivity index (χ0v) is 13.4. The maximum atomic E-state index is 12.1. The fourth-order valence-corrected chi connectivity index (χ4v) is 2.21. The van der Waals surface area contributed by atoms with E-state index >= 15 is 0 Å². The number of benzene rings is 1. The van der Waals surface area contributed by atoms with Crippen LogP contribution in [0.1, 0.15) is 36.0 Å². The molecule has 0 unspecified atom stereocenters. The third-order valence-electron chi connectivity index (χ3n) is 2.91. The molecule has 1 N–H and O–H groups in total. The fraction of sp³-hybridized carbons (Fsp3) is 0.400. The zero-order valence-electron chi connectivity index (χ0n) is 11.8. The molecule has 0 bridgehead atoms. The Morgan fingerprint density at radius 2 is 2.19 bits per heavy atom. The minimum absolute atomic E-state index is 0.327. The van der Waals surface area contributed by atoms with Crippen LogP contribution in [0.3, 0.4) is 0 Å². The smallest absolute Gasteiger partial charge is 0.328 e. The van der Waals surface area contributed by atoms with Gasteiger partial charge in [0.15, 0.2) is 0 Å². The molecular formula is C15H17BrN2O3. The highest BCUT2D eigenvalue weighted by Crippen LogP contribution is 2.12. The second kappa shape index (κ2) is 9.14. The lowest BCUT2D eigenvalue weighted by atomic mass is 10.1. The Morgan fingerprint density at radius 1 is 1.43 bits per heavy atom. The Kier molecular flexibility index (Phi) is 7.48. The number of carbonyl (C=O) groups excluding carboxylic acids is 2. The average Bonchev–Trinajstić information content (AvgIpc) is 2.49. The standard InChI is InChI=1S/C15H17BrN2O3/c1-21-15(20)13(8-3-2-4-9-17)18-14(19)11-6-5-7-12(16)10-11/h5-7,10,13H,2-4,8H2,1H3,(H,18,19)/t13-/m0/s1. The lowest BCUT2D eigenvalue weighted by Crippen LogP contribution is -2.41. The number of unbranched alkanes of at least 4 members (excludes halogenated alkanes) is 2. The van der Waals surface area contributed by atoms with Crippen LogP contribution in [-0.4, -0.2) is 25.0 Å². The Balaban J connectivity index is 2.65. The summed E-state index contributed by atoms with van der Waals surface area (Å²) in [6.07, 6.45) is 2.25. The topological polar surface area (TPSA) is 79.2 Å². The molecule has 5 nitrogen and oxygen atoms in total. The molecule has 0 aliphatic carbocycles. The molecule has 21 heavy (non-hydrogen) atoms. The van der Waals surface area contributed by atoms with Crippen molar-refractivity contribution in [2.45, 2.75) is 31.7 Å². The van der Waals surface area contributed by atoms with Gasteiger partial charge in [-0.25, -0.2) is 4.79 Å². The van der Waals surface area contributed by atoms with Crippen LogP contribution in [0.4, 0.5) is 0 Å². The first kappa shape index (κ1) is 17.2. The second-order valence-corrected chi connectivity index (χ2v) is 5.38. The van der Waals surface area contributed by atoms with Gasteiger partial charge in [0.05, 0.1) is 13.2 Å². The molecular weight excluding hydrogens is 336 g/mol. The summed E-state index contributed by atoms with van der Waals surface area (Å²) < 4.78 is 5.49. The van der Waals surface area contributed by atoms with Gasteiger partial charge < -0.3 is 10.1 Å². The van der Waals surface area contributed by atoms with Crippen molar-refractivity contribution < 1.29 is 14.3 Å². The van der Waals surface area contributed by atoms with Gasteiger partial charge in [-0.3, -0.25) is 4.79 Å². The number of amides is 1. The van der Waals surface area contributed by atoms with Crippen LogP contribution >= 0.6 is 15.9 Å². The van der Waals surface area contributed by atoms with Gasteiger partial charge in [-0.2, -0.15) is 5.26 Å². The van der Waals surface area contributed by atoms with Crippen molar-refractivity contribution in [3.63, 3.8) is 0 Å². The highest BCUT2D eigenvalue weighted by atomic mass is 79.9. The monoisotopic (exact) mass is 352 g/mol. The van der Waals surface area contributed by atoms with Gasteiger partial charge in [0, 0.05) is 16.5 Å². The minimum atomic E-state index is -0.694. The largest absolute Gasteiger partial charge is 0.467 e. The predicted molar refractivity (Wildman–Crippen MR) is 81.5 cm³/mol. The van der Waals surface area contributed by atoms with E-state index in [2.05, 4.69) is 21.2 Å². The number of nitrogens with one attached hydrogen (secondary N) is 1. The molecule has 0 saturated heterocycles. The summed E-state index contributed by atoms with van der Waals surface area (Å²) in [7, 11) is 1.29. The van der Waals surface area contributed by atoms with Crippen LogP contribution in [0.2, 0.25) is 0 Å². The molecule has 0 aliphatic rings. The quantitative estimate of drug-likeness (QED) is 0.604. The summed E-state index contributed by atoms with van der Waals surface area (Å²) in [4.78, 5) is 23.8. The molecule has 0 saturated carbocycles. The molecule has 6 heteroatoms. The Bertz CT molecular complexity index is 540. The number of nitriles is 1. The van der Waals surface area contributed by atoms with Gasteiger partial charge in [0.25, 0.3) is 5.91 Å². The minimum Gasteiger partial charge on any atom is -0.467 e. The van der Waals surface area contributed by atoms with E-state index in [4.69, 9.17) is 10.00 Å². The average molecular weight is 353 g/mol. The maximum absolute atomic E-state index is 12.1. The molecule has 0 aliphatic heterocycles. The first-order valence-electron chi connectivity index (χ1n) is 6.59. The van der Waals surface area contributed by atoms with Gasteiger partial charge >= 0.3 is 5.97 Å². The maximum Gasteiger partial charge on any atom is 0.328 e. The van der Waals surface area contributed by atoms with Crippen molar-refractivity contribution in [1.82, 2.24) is 5.32 Å². The molecule has 0 fully saturated rings. The number of hydrogen-bond acceptors (Lipinski definition) is 4. The lowest BCUT2D eigenvalue weighted by molar-refractivity contribution is -0.143. The van der Waals surface area contributed by atoms with Crippen molar-refractivity contribution in [3.8, 4) is 6.07 Å². The van der Waals surface area contributed by atoms with E-state index in [1.54, 1.807) is 18.2 Å². The van der Waals surface area contributed by atoms with Crippen molar-refractivity contribution in [1.29, 1.82) is 5.26 Å². The third kappa shape index (κ3) is 5.96. The lowest BCUT2D eigenvalue weighted by Gasteiger charge is -2.16. The summed E-state index contributed by atoms with van der Waals surface area (Å²) in [6, 6.07) is 8.27. The zero-order chi connectivity index (χ0) is 15.7. The summed E-state index contributed by atoms with van der Waals surface area (Å²) in [5.41, 5.74) is 0.468. The number of carbonyl (C=O) groups is 2. The molecule has 1 aromatic carbocycles. The molecule has 0 aromatic heterocycles. The van der Waals surface area contributed by atoms with E-state index in [1.165, 1.54) is 7.11 Å². The van der Waals surface area contributed by atoms with Gasteiger partial charge in [0.2, 0.25) is 0 Å². The number of rotatable bonds is 7. The first-order chi connectivity index (χ1) is 10.1. The molecule has 0 heterocycles. The van der Waals surface area contributed by atoms with Gasteiger partial charge in [0.1, 0.15) is 6.04 Å². The molecule has 1 atom stereocenters. The van der Waals surface area contributed by atoms with Crippen LogP contribution in [0, 0.1) is 11.3 Å². The molecule has 1 amide bonds. The number of nitrogens with zero attached hydrogens (tertiary/aromatic N) is 1. The van der Waals surface area contributed by atoms with E-state index in [9.17, 15) is 9.59 Å². The number of ether oxygens (including phenoxy) is 1.